The van der Waals surface area contributed by atoms with Gasteiger partial charge in [-0.2, -0.15) is 6.42 Å². The number of benzene rings is 5. The number of unbranched alkanes of at least 4 members (excludes halogenated alkanes) is 1. The van der Waals surface area contributed by atoms with Crippen molar-refractivity contribution in [3.8, 4) is 11.1 Å². The zero-order chi connectivity index (χ0) is 93.8. The minimum absolute atomic E-state index is 0. The summed E-state index contributed by atoms with van der Waals surface area (Å²) in [4.78, 5) is 22.5. The van der Waals surface area contributed by atoms with E-state index in [-0.39, 0.29) is 84.7 Å². The van der Waals surface area contributed by atoms with Crippen molar-refractivity contribution in [2.45, 2.75) is 424 Å². The summed E-state index contributed by atoms with van der Waals surface area (Å²) < 4.78 is 0. The molecule has 9 nitrogen and oxygen atoms in total. The fraction of sp³-hybridized carbons (Fsp3) is 0.732. The van der Waals surface area contributed by atoms with Crippen molar-refractivity contribution in [2.75, 3.05) is 116 Å². The second-order valence-electron chi connectivity index (χ2n) is 44.9. The molecule has 8 aliphatic heterocycles. The predicted octanol–water partition coefficient (Wildman–Crippen LogP) is 33.2. The van der Waals surface area contributed by atoms with Crippen LogP contribution in [0.3, 0.4) is 0 Å². The maximum Gasteiger partial charge on any atom is 0.0379 e. The maximum atomic E-state index is 3.87. The second-order valence-corrected chi connectivity index (χ2v) is 44.9. The molecular weight excluding hydrogens is 1740 g/mol. The Hall–Kier alpha value is -3.42. The predicted molar refractivity (Wildman–Crippen MR) is 608 cm³/mol. The van der Waals surface area contributed by atoms with Crippen LogP contribution in [0.4, 0.5) is 0 Å². The number of nitrogens with zero attached hydrogens (tertiary/aromatic N) is 9. The van der Waals surface area contributed by atoms with Crippen LogP contribution in [0.2, 0.25) is 0 Å². The number of likely N-dealkylation sites (tertiary alicyclic amines) is 6. The largest absolute Gasteiger partial charge is 0.362 e. The molecule has 6 saturated heterocycles. The standard InChI is InChI=1S/C15H27N.C15H15N.2C13H17N.C12H19N.C11H21N.C11H15N.C11H21N.C9H17N.C4H10.3C2H6.7CH4.Y/c1-14(2)10-15(3)8-7-12(14)11-6-5-9-16(4)13(11)15;1-16-10-12-6-2-4-8-14(12)15-9-5-3-7-13(15)11-16;1-14-8-4-6-11-9-10-5-2-3-7-12(10)13(11)14;1-14-8-4-7-12-11-6-3-2-5-10(11)9-13(12)14;1-13-6-2-5-12(9-13)8-10-3-4-11(12)7-10;1-7-10(4)8(2)12(6)9(3)11(7,10)5;1-8-10-6-4-5-7-11(10)9(2)12(8)3;1-12-9-5-8-11(10-12)6-3-2-4-7-11;1-3-10(2)9-7-5-4-6-8-9;1-3-4-2;3*1-2;;;;;;;;/h11-13H,5-10H2,1-4H3;2-9H,10-11H2,1H3;2-3,5,7,11,13H,4,6,8-9H2,1H3;2-3,5-6,12-13H,4,7-9H2,1H3;3-4,10-11H,2,5-9H2,1H3;7-9H,1-6H3;4-9H,1-3H3;2-10H2,1H3;7,9H,1,3-6,8H2,2H3;3-4H2,1-2H3;3*1-2H3;7*1H4;/q;;;;;;;;-2;;;;;;;;;;;;. The van der Waals surface area contributed by atoms with E-state index < -0.39 is 0 Å². The van der Waals surface area contributed by atoms with Crippen LogP contribution in [0.15, 0.2) is 133 Å². The molecule has 5 aromatic carbocycles. The van der Waals surface area contributed by atoms with Crippen LogP contribution in [-0.4, -0.2) is 190 Å². The topological polar surface area (TPSA) is 29.2 Å². The minimum Gasteiger partial charge on any atom is -0.362 e. The number of allylic oxidation sites excluding steroid dienone is 2. The molecule has 137 heavy (non-hydrogen) atoms. The summed E-state index contributed by atoms with van der Waals surface area (Å²) in [6, 6.07) is 49.9. The zero-order valence-corrected chi connectivity index (χ0v) is 92.0. The first-order chi connectivity index (χ1) is 61.9. The van der Waals surface area contributed by atoms with Gasteiger partial charge in [0.25, 0.3) is 0 Å². The van der Waals surface area contributed by atoms with Crippen molar-refractivity contribution in [3.63, 3.8) is 0 Å². The number of fused-ring (bicyclic) bond motifs is 16. The van der Waals surface area contributed by atoms with E-state index in [2.05, 4.69) is 337 Å². The van der Waals surface area contributed by atoms with Crippen LogP contribution in [0.5, 0.6) is 0 Å². The van der Waals surface area contributed by atoms with E-state index in [1.165, 1.54) is 259 Å². The van der Waals surface area contributed by atoms with E-state index >= 15 is 0 Å². The fourth-order valence-electron chi connectivity index (χ4n) is 29.3. The second kappa shape index (κ2) is 60.0. The molecule has 0 amide bonds. The van der Waals surface area contributed by atoms with E-state index in [1.54, 1.807) is 22.3 Å². The molecule has 1 radical (unpaired) electrons. The van der Waals surface area contributed by atoms with Crippen molar-refractivity contribution < 1.29 is 32.7 Å². The molecule has 18 atom stereocenters. The molecule has 5 aromatic rings. The van der Waals surface area contributed by atoms with Gasteiger partial charge >= 0.3 is 0 Å². The molecule has 10 heteroatoms. The van der Waals surface area contributed by atoms with Gasteiger partial charge in [-0.25, -0.2) is 0 Å². The Morgan fingerprint density at radius 3 is 1.43 bits per heavy atom. The van der Waals surface area contributed by atoms with E-state index in [4.69, 9.17) is 0 Å². The number of hydrogen-bond donors (Lipinski definition) is 0. The van der Waals surface area contributed by atoms with Crippen molar-refractivity contribution in [1.82, 2.24) is 44.1 Å². The van der Waals surface area contributed by atoms with Gasteiger partial charge in [0.05, 0.1) is 0 Å². The average Bonchev–Trinajstić information content (AvgIpc) is 1.48. The normalized spacial score (nSPS) is 32.1. The van der Waals surface area contributed by atoms with Gasteiger partial charge in [0.2, 0.25) is 0 Å². The molecule has 18 unspecified atom stereocenters. The molecule has 4 bridgehead atoms. The molecular formula is C127H225N9Y-2. The summed E-state index contributed by atoms with van der Waals surface area (Å²) in [5.74, 6) is 6.50. The van der Waals surface area contributed by atoms with Gasteiger partial charge in [0, 0.05) is 107 Å². The summed E-state index contributed by atoms with van der Waals surface area (Å²) in [5.41, 5.74) is 18.9. The van der Waals surface area contributed by atoms with Crippen LogP contribution in [0.25, 0.3) is 11.1 Å². The van der Waals surface area contributed by atoms with E-state index in [0.717, 1.165) is 96.7 Å². The third kappa shape index (κ3) is 30.2. The van der Waals surface area contributed by atoms with Gasteiger partial charge in [-0.3, -0.25) is 19.6 Å². The molecule has 8 heterocycles. The van der Waals surface area contributed by atoms with Crippen LogP contribution < -0.4 is 0 Å². The number of piperidine rings is 6. The Morgan fingerprint density at radius 1 is 0.453 bits per heavy atom. The Balaban J connectivity index is 0.000000513. The van der Waals surface area contributed by atoms with Crippen molar-refractivity contribution in [1.29, 1.82) is 0 Å². The Labute approximate surface area is 880 Å². The molecule has 0 aromatic heterocycles. The van der Waals surface area contributed by atoms with E-state index in [1.807, 2.05) is 41.5 Å². The third-order valence-corrected chi connectivity index (χ3v) is 37.0. The third-order valence-electron chi connectivity index (χ3n) is 37.0. The first-order valence-electron chi connectivity index (χ1n) is 54.0. The number of likely N-dealkylation sites (N-methyl/N-ethyl adjacent to an activating group) is 1. The summed E-state index contributed by atoms with van der Waals surface area (Å²) in [7, 11) is 20.3. The van der Waals surface area contributed by atoms with Crippen LogP contribution in [-0.2, 0) is 58.6 Å². The SMILES string of the molecule is C.C.C.C.C.C.C.CC.CC.CC.CC1N(C)C(C)C2(C)C(C)C12C.CC1c2ccccc2C(C)N1C.CCCC.CN1CCCC2(CC3C=CC2C3)C1.CN1CCCC2(CCCCC2)C1.CN1CCCC2C3CCC(C)(CC3(C)C)C21.CN1CCCC2Cc3ccccc3C21.CN1CCCC2c3ccccc3CC21.CN1Cc2ccccc2-c2ccccc2C1.[CH2-]CN(C)C1[CH-]CCCC1.[Y]. The molecule has 0 N–H and O–H groups in total. The van der Waals surface area contributed by atoms with Crippen LogP contribution in [0.1, 0.15) is 412 Å². The Bertz CT molecular complexity index is 4030. The van der Waals surface area contributed by atoms with E-state index in [0.29, 0.717) is 45.2 Å². The summed E-state index contributed by atoms with van der Waals surface area (Å²) >= 11 is 0. The van der Waals surface area contributed by atoms with Gasteiger partial charge in [0.1, 0.15) is 0 Å². The minimum atomic E-state index is 0. The van der Waals surface area contributed by atoms with Gasteiger partial charge in [-0.15, -0.1) is 12.6 Å². The smallest absolute Gasteiger partial charge is 0.0379 e. The summed E-state index contributed by atoms with van der Waals surface area (Å²) in [6.45, 7) is 56.8. The molecule has 2 spiro atoms. The first kappa shape index (κ1) is 130. The summed E-state index contributed by atoms with van der Waals surface area (Å²) in [5, 5.41) is 0. The van der Waals surface area contributed by atoms with E-state index in [9.17, 15) is 0 Å². The molecule has 10 aliphatic carbocycles. The van der Waals surface area contributed by atoms with Crippen molar-refractivity contribution >= 4 is 0 Å². The van der Waals surface area contributed by atoms with Crippen LogP contribution in [0, 0.1) is 81.3 Å². The molecule has 18 aliphatic rings. The van der Waals surface area contributed by atoms with Gasteiger partial charge in [0.15, 0.2) is 0 Å². The molecule has 783 valence electrons. The molecule has 13 fully saturated rings. The van der Waals surface area contributed by atoms with Crippen molar-refractivity contribution in [2.24, 2.45) is 68.0 Å². The van der Waals surface area contributed by atoms with Gasteiger partial charge in [-0.05, 0) is 369 Å². The maximum absolute atomic E-state index is 3.87. The van der Waals surface area contributed by atoms with Gasteiger partial charge in [-0.1, -0.05) is 334 Å². The zero-order valence-electron chi connectivity index (χ0n) is 89.1. The Morgan fingerprint density at radius 2 is 0.934 bits per heavy atom. The average molecular weight is 1970 g/mol. The molecule has 23 rings (SSSR count). The van der Waals surface area contributed by atoms with Crippen LogP contribution >= 0.6 is 0 Å². The van der Waals surface area contributed by atoms with Crippen molar-refractivity contribution in [3.05, 3.63) is 191 Å². The quantitative estimate of drug-likeness (QED) is 0.129. The monoisotopic (exact) mass is 1970 g/mol. The fourth-order valence-corrected chi connectivity index (χ4v) is 29.3. The number of hydrogen-bond acceptors (Lipinski definition) is 9. The Kier molecular flexibility index (Phi) is 56.8. The first-order valence-corrected chi connectivity index (χ1v) is 54.0. The van der Waals surface area contributed by atoms with Gasteiger partial charge < -0.3 is 37.8 Å². The summed E-state index contributed by atoms with van der Waals surface area (Å²) in [6.07, 6.45) is 47.3. The molecule has 7 saturated carbocycles. The number of rotatable bonds is 3.